The van der Waals surface area contributed by atoms with Crippen molar-refractivity contribution in [3.8, 4) is 11.5 Å². The van der Waals surface area contributed by atoms with Gasteiger partial charge in [-0.3, -0.25) is 4.79 Å². The lowest BCUT2D eigenvalue weighted by molar-refractivity contribution is -0.131. The molecule has 0 aromatic heterocycles. The number of carbonyl (C=O) groups excluding carboxylic acids is 1. The number of hydrogen-bond acceptors (Lipinski definition) is 3. The van der Waals surface area contributed by atoms with Crippen molar-refractivity contribution in [1.82, 2.24) is 4.90 Å². The third kappa shape index (κ3) is 3.49. The number of rotatable bonds is 4. The molecule has 0 spiro atoms. The summed E-state index contributed by atoms with van der Waals surface area (Å²) in [4.78, 5) is 15.2. The van der Waals surface area contributed by atoms with Gasteiger partial charge in [-0.15, -0.1) is 0 Å². The predicted molar refractivity (Wildman–Crippen MR) is 99.2 cm³/mol. The Bertz CT molecular complexity index is 682. The third-order valence-corrected chi connectivity index (χ3v) is 5.92. The molecule has 4 heteroatoms. The Morgan fingerprint density at radius 2 is 1.80 bits per heavy atom. The first-order valence-corrected chi connectivity index (χ1v) is 9.17. The highest BCUT2D eigenvalue weighted by molar-refractivity contribution is 5.80. The number of carbonyl (C=O) groups is 1. The minimum atomic E-state index is 0.238. The molecule has 1 aliphatic carbocycles. The van der Waals surface area contributed by atoms with E-state index >= 15 is 0 Å². The van der Waals surface area contributed by atoms with Crippen LogP contribution in [0.5, 0.6) is 11.5 Å². The highest BCUT2D eigenvalue weighted by Crippen LogP contribution is 2.52. The summed E-state index contributed by atoms with van der Waals surface area (Å²) in [6.07, 6.45) is 3.89. The molecule has 2 atom stereocenters. The van der Waals surface area contributed by atoms with E-state index in [4.69, 9.17) is 9.47 Å². The van der Waals surface area contributed by atoms with Gasteiger partial charge in [0.05, 0.1) is 20.6 Å². The van der Waals surface area contributed by atoms with Gasteiger partial charge in [0.15, 0.2) is 11.5 Å². The fourth-order valence-corrected chi connectivity index (χ4v) is 5.23. The second-order valence-electron chi connectivity index (χ2n) is 9.05. The van der Waals surface area contributed by atoms with Gasteiger partial charge in [0.1, 0.15) is 0 Å². The molecular formula is C21H31NO3. The standard InChI is InChI=1S/C21H31NO3/c1-14-7-17(24-5)18(25-6)8-15(14)9-19(23)22-13-21(4)11-16(22)10-20(2,3)12-21/h7-8,16H,9-13H2,1-6H3. The summed E-state index contributed by atoms with van der Waals surface area (Å²) in [5, 5.41) is 0. The number of fused-ring (bicyclic) bond motifs is 2. The van der Waals surface area contributed by atoms with Crippen molar-refractivity contribution in [2.75, 3.05) is 20.8 Å². The molecule has 2 fully saturated rings. The van der Waals surface area contributed by atoms with E-state index in [0.717, 1.165) is 30.5 Å². The van der Waals surface area contributed by atoms with Gasteiger partial charge in [-0.05, 0) is 60.3 Å². The summed E-state index contributed by atoms with van der Waals surface area (Å²) in [7, 11) is 3.26. The van der Waals surface area contributed by atoms with Gasteiger partial charge in [-0.25, -0.2) is 0 Å². The van der Waals surface area contributed by atoms with Gasteiger partial charge in [-0.1, -0.05) is 20.8 Å². The van der Waals surface area contributed by atoms with E-state index in [1.54, 1.807) is 14.2 Å². The zero-order valence-electron chi connectivity index (χ0n) is 16.4. The van der Waals surface area contributed by atoms with Crippen molar-refractivity contribution in [3.63, 3.8) is 0 Å². The number of nitrogens with zero attached hydrogens (tertiary/aromatic N) is 1. The van der Waals surface area contributed by atoms with E-state index in [2.05, 4.69) is 25.7 Å². The Hall–Kier alpha value is -1.71. The van der Waals surface area contributed by atoms with E-state index in [1.807, 2.05) is 19.1 Å². The Balaban J connectivity index is 1.80. The van der Waals surface area contributed by atoms with Crippen LogP contribution in [-0.4, -0.2) is 37.6 Å². The lowest BCUT2D eigenvalue weighted by atomic mass is 9.65. The van der Waals surface area contributed by atoms with Gasteiger partial charge >= 0.3 is 0 Å². The Morgan fingerprint density at radius 3 is 2.44 bits per heavy atom. The largest absolute Gasteiger partial charge is 0.493 e. The second-order valence-corrected chi connectivity index (χ2v) is 9.05. The molecule has 1 heterocycles. The van der Waals surface area contributed by atoms with Crippen LogP contribution in [-0.2, 0) is 11.2 Å². The topological polar surface area (TPSA) is 38.8 Å². The average Bonchev–Trinajstić information content (AvgIpc) is 2.77. The van der Waals surface area contributed by atoms with Crippen LogP contribution in [0.3, 0.4) is 0 Å². The molecule has 3 rings (SSSR count). The molecule has 138 valence electrons. The van der Waals surface area contributed by atoms with E-state index in [1.165, 1.54) is 6.42 Å². The van der Waals surface area contributed by atoms with Crippen LogP contribution in [0, 0.1) is 17.8 Å². The average molecular weight is 345 g/mol. The first-order valence-electron chi connectivity index (χ1n) is 9.17. The Morgan fingerprint density at radius 1 is 1.16 bits per heavy atom. The number of benzene rings is 1. The lowest BCUT2D eigenvalue weighted by Gasteiger charge is -2.39. The van der Waals surface area contributed by atoms with Crippen LogP contribution in [0.4, 0.5) is 0 Å². The molecule has 4 nitrogen and oxygen atoms in total. The van der Waals surface area contributed by atoms with Crippen molar-refractivity contribution in [1.29, 1.82) is 0 Å². The maximum atomic E-state index is 13.1. The summed E-state index contributed by atoms with van der Waals surface area (Å²) >= 11 is 0. The van der Waals surface area contributed by atoms with Gasteiger partial charge < -0.3 is 14.4 Å². The van der Waals surface area contributed by atoms with Crippen LogP contribution in [0.1, 0.15) is 51.2 Å². The smallest absolute Gasteiger partial charge is 0.227 e. The molecule has 1 aromatic carbocycles. The van der Waals surface area contributed by atoms with E-state index in [0.29, 0.717) is 29.4 Å². The first-order chi connectivity index (χ1) is 11.7. The zero-order chi connectivity index (χ0) is 18.4. The molecule has 0 N–H and O–H groups in total. The molecule has 1 saturated heterocycles. The highest BCUT2D eigenvalue weighted by Gasteiger charge is 2.50. The number of likely N-dealkylation sites (tertiary alicyclic amines) is 1. The summed E-state index contributed by atoms with van der Waals surface area (Å²) in [6, 6.07) is 4.29. The Kier molecular flexibility index (Phi) is 4.50. The fourth-order valence-electron chi connectivity index (χ4n) is 5.23. The molecule has 2 unspecified atom stereocenters. The second kappa shape index (κ2) is 6.22. The molecule has 25 heavy (non-hydrogen) atoms. The Labute approximate surface area is 151 Å². The van der Waals surface area contributed by atoms with Crippen LogP contribution >= 0.6 is 0 Å². The van der Waals surface area contributed by atoms with E-state index in [-0.39, 0.29) is 11.3 Å². The molecule has 1 saturated carbocycles. The predicted octanol–water partition coefficient (Wildman–Crippen LogP) is 3.98. The summed E-state index contributed by atoms with van der Waals surface area (Å²) in [5.74, 6) is 1.63. The van der Waals surface area contributed by atoms with E-state index in [9.17, 15) is 4.79 Å². The van der Waals surface area contributed by atoms with Gasteiger partial charge in [0.25, 0.3) is 0 Å². The molecular weight excluding hydrogens is 314 g/mol. The minimum Gasteiger partial charge on any atom is -0.493 e. The molecule has 2 bridgehead atoms. The number of aryl methyl sites for hydroxylation is 1. The lowest BCUT2D eigenvalue weighted by Crippen LogP contribution is -2.38. The van der Waals surface area contributed by atoms with Crippen molar-refractivity contribution in [3.05, 3.63) is 23.3 Å². The van der Waals surface area contributed by atoms with Gasteiger partial charge in [-0.2, -0.15) is 0 Å². The van der Waals surface area contributed by atoms with Gasteiger partial charge in [0, 0.05) is 12.6 Å². The number of ether oxygens (including phenoxy) is 2. The molecule has 1 amide bonds. The summed E-state index contributed by atoms with van der Waals surface area (Å²) in [5.41, 5.74) is 2.69. The van der Waals surface area contributed by atoms with Crippen molar-refractivity contribution in [2.45, 2.75) is 59.4 Å². The number of amides is 1. The van der Waals surface area contributed by atoms with Crippen LogP contribution in [0.15, 0.2) is 12.1 Å². The number of hydrogen-bond donors (Lipinski definition) is 0. The van der Waals surface area contributed by atoms with Gasteiger partial charge in [0.2, 0.25) is 5.91 Å². The normalized spacial score (nSPS) is 27.3. The molecule has 1 aromatic rings. The summed E-state index contributed by atoms with van der Waals surface area (Å²) < 4.78 is 10.8. The van der Waals surface area contributed by atoms with Crippen LogP contribution in [0.25, 0.3) is 0 Å². The minimum absolute atomic E-state index is 0.238. The monoisotopic (exact) mass is 345 g/mol. The van der Waals surface area contributed by atoms with Crippen LogP contribution < -0.4 is 9.47 Å². The summed E-state index contributed by atoms with van der Waals surface area (Å²) in [6.45, 7) is 9.94. The molecule has 1 aliphatic heterocycles. The van der Waals surface area contributed by atoms with Crippen molar-refractivity contribution < 1.29 is 14.3 Å². The third-order valence-electron chi connectivity index (χ3n) is 5.92. The van der Waals surface area contributed by atoms with Crippen molar-refractivity contribution >= 4 is 5.91 Å². The van der Waals surface area contributed by atoms with E-state index < -0.39 is 0 Å². The fraction of sp³-hybridized carbons (Fsp3) is 0.667. The van der Waals surface area contributed by atoms with Crippen LogP contribution in [0.2, 0.25) is 0 Å². The quantitative estimate of drug-likeness (QED) is 0.828. The molecule has 2 aliphatic rings. The SMILES string of the molecule is COc1cc(C)c(CC(=O)N2CC3(C)CC2CC(C)(C)C3)cc1OC. The first kappa shape index (κ1) is 18.1. The maximum absolute atomic E-state index is 13.1. The zero-order valence-corrected chi connectivity index (χ0v) is 16.4. The van der Waals surface area contributed by atoms with Crippen molar-refractivity contribution in [2.24, 2.45) is 10.8 Å². The molecule has 0 radical (unpaired) electrons. The maximum Gasteiger partial charge on any atom is 0.227 e. The highest BCUT2D eigenvalue weighted by atomic mass is 16.5. The number of methoxy groups -OCH3 is 2.